The molecule has 0 aromatic heterocycles. The molecule has 21 heavy (non-hydrogen) atoms. The van der Waals surface area contributed by atoms with E-state index in [-0.39, 0.29) is 5.92 Å². The molecule has 0 radical (unpaired) electrons. The van der Waals surface area contributed by atoms with Crippen molar-refractivity contribution < 1.29 is 14.6 Å². The minimum absolute atomic E-state index is 0.194. The van der Waals surface area contributed by atoms with E-state index in [1.54, 1.807) is 7.05 Å². The summed E-state index contributed by atoms with van der Waals surface area (Å²) in [6, 6.07) is 0. The van der Waals surface area contributed by atoms with Crippen LogP contribution in [0.25, 0.3) is 0 Å². The van der Waals surface area contributed by atoms with Crippen molar-refractivity contribution in [2.75, 3.05) is 13.7 Å². The number of rotatable bonds is 6. The van der Waals surface area contributed by atoms with E-state index in [0.29, 0.717) is 18.1 Å². The summed E-state index contributed by atoms with van der Waals surface area (Å²) in [6.45, 7) is 5.36. The third-order valence-electron chi connectivity index (χ3n) is 5.75. The number of ether oxygens (including phenoxy) is 1. The van der Waals surface area contributed by atoms with Gasteiger partial charge in [-0.1, -0.05) is 20.3 Å². The van der Waals surface area contributed by atoms with Crippen LogP contribution in [0, 0.1) is 11.3 Å². The molecule has 2 N–H and O–H groups in total. The van der Waals surface area contributed by atoms with E-state index in [1.807, 2.05) is 0 Å². The summed E-state index contributed by atoms with van der Waals surface area (Å²) in [5.74, 6) is -0.507. The number of likely N-dealkylation sites (N-methyl/N-ethyl adjacent to an activating group) is 1. The molecule has 0 spiro atoms. The average molecular weight is 297 g/mol. The van der Waals surface area contributed by atoms with Gasteiger partial charge in [-0.05, 0) is 63.3 Å². The smallest absolute Gasteiger partial charge is 0.324 e. The molecule has 4 nitrogen and oxygen atoms in total. The zero-order chi connectivity index (χ0) is 15.5. The molecular weight excluding hydrogens is 266 g/mol. The Morgan fingerprint density at radius 2 is 1.90 bits per heavy atom. The summed E-state index contributed by atoms with van der Waals surface area (Å²) in [4.78, 5) is 11.6. The number of carboxylic acid groups (broad SMARTS) is 1. The summed E-state index contributed by atoms with van der Waals surface area (Å²) in [6.07, 6.45) is 8.72. The SMILES string of the molecule is CNC1(C(=O)O)CCCC1CCOC1CCC(C)(C)CC1. The first-order chi connectivity index (χ1) is 9.89. The van der Waals surface area contributed by atoms with Crippen molar-refractivity contribution in [3.05, 3.63) is 0 Å². The maximum absolute atomic E-state index is 11.6. The fourth-order valence-corrected chi connectivity index (χ4v) is 4.10. The molecule has 2 aliphatic carbocycles. The van der Waals surface area contributed by atoms with Crippen molar-refractivity contribution in [2.24, 2.45) is 11.3 Å². The Morgan fingerprint density at radius 3 is 2.48 bits per heavy atom. The maximum Gasteiger partial charge on any atom is 0.324 e. The zero-order valence-electron chi connectivity index (χ0n) is 13.8. The van der Waals surface area contributed by atoms with Gasteiger partial charge in [-0.15, -0.1) is 0 Å². The van der Waals surface area contributed by atoms with Crippen molar-refractivity contribution in [1.82, 2.24) is 5.32 Å². The van der Waals surface area contributed by atoms with Crippen LogP contribution in [0.5, 0.6) is 0 Å². The largest absolute Gasteiger partial charge is 0.480 e. The second-order valence-electron chi connectivity index (χ2n) is 7.64. The highest BCUT2D eigenvalue weighted by atomic mass is 16.5. The Kier molecular flexibility index (Phi) is 5.31. The monoisotopic (exact) mass is 297 g/mol. The fourth-order valence-electron chi connectivity index (χ4n) is 4.10. The Morgan fingerprint density at radius 1 is 1.24 bits per heavy atom. The first-order valence-corrected chi connectivity index (χ1v) is 8.43. The van der Waals surface area contributed by atoms with Gasteiger partial charge in [0.25, 0.3) is 0 Å². The van der Waals surface area contributed by atoms with Crippen LogP contribution in [-0.2, 0) is 9.53 Å². The lowest BCUT2D eigenvalue weighted by Gasteiger charge is -2.35. The third-order valence-corrected chi connectivity index (χ3v) is 5.75. The molecule has 0 aliphatic heterocycles. The lowest BCUT2D eigenvalue weighted by atomic mass is 9.76. The van der Waals surface area contributed by atoms with Gasteiger partial charge in [0, 0.05) is 6.61 Å². The van der Waals surface area contributed by atoms with Gasteiger partial charge in [-0.25, -0.2) is 0 Å². The van der Waals surface area contributed by atoms with Crippen LogP contribution in [0.1, 0.15) is 65.2 Å². The van der Waals surface area contributed by atoms with E-state index in [9.17, 15) is 9.90 Å². The Labute approximate surface area is 128 Å². The van der Waals surface area contributed by atoms with Crippen LogP contribution in [-0.4, -0.2) is 36.4 Å². The molecule has 0 amide bonds. The Balaban J connectivity index is 1.77. The van der Waals surface area contributed by atoms with Crippen LogP contribution >= 0.6 is 0 Å². The fraction of sp³-hybridized carbons (Fsp3) is 0.941. The molecule has 2 fully saturated rings. The Bertz CT molecular complexity index is 359. The first-order valence-electron chi connectivity index (χ1n) is 8.43. The number of carboxylic acids is 1. The summed E-state index contributed by atoms with van der Waals surface area (Å²) >= 11 is 0. The molecule has 0 aromatic rings. The molecule has 0 aromatic carbocycles. The van der Waals surface area contributed by atoms with Crippen LogP contribution in [0.3, 0.4) is 0 Å². The van der Waals surface area contributed by atoms with Gasteiger partial charge in [0.2, 0.25) is 0 Å². The van der Waals surface area contributed by atoms with Crippen LogP contribution in [0.15, 0.2) is 0 Å². The number of carbonyl (C=O) groups is 1. The predicted molar refractivity (Wildman–Crippen MR) is 83.4 cm³/mol. The summed E-state index contributed by atoms with van der Waals surface area (Å²) in [5, 5.41) is 12.6. The van der Waals surface area contributed by atoms with Gasteiger partial charge in [-0.3, -0.25) is 4.79 Å². The second-order valence-corrected chi connectivity index (χ2v) is 7.64. The quantitative estimate of drug-likeness (QED) is 0.790. The predicted octanol–water partition coefficient (Wildman–Crippen LogP) is 3.20. The van der Waals surface area contributed by atoms with Crippen LogP contribution < -0.4 is 5.32 Å². The molecule has 2 saturated carbocycles. The molecule has 2 atom stereocenters. The van der Waals surface area contributed by atoms with Gasteiger partial charge >= 0.3 is 5.97 Å². The van der Waals surface area contributed by atoms with E-state index >= 15 is 0 Å². The highest BCUT2D eigenvalue weighted by Crippen LogP contribution is 2.39. The van der Waals surface area contributed by atoms with E-state index in [4.69, 9.17) is 4.74 Å². The third kappa shape index (κ3) is 3.78. The minimum Gasteiger partial charge on any atom is -0.480 e. The van der Waals surface area contributed by atoms with Gasteiger partial charge in [0.15, 0.2) is 0 Å². The summed E-state index contributed by atoms with van der Waals surface area (Å²) in [7, 11) is 1.77. The lowest BCUT2D eigenvalue weighted by molar-refractivity contribution is -0.146. The molecule has 0 saturated heterocycles. The van der Waals surface area contributed by atoms with Crippen molar-refractivity contribution in [2.45, 2.75) is 76.9 Å². The van der Waals surface area contributed by atoms with Gasteiger partial charge < -0.3 is 15.2 Å². The second kappa shape index (κ2) is 6.66. The molecular formula is C17H31NO3. The molecule has 0 heterocycles. The Hall–Kier alpha value is -0.610. The van der Waals surface area contributed by atoms with E-state index in [0.717, 1.165) is 38.5 Å². The number of aliphatic carboxylic acids is 1. The maximum atomic E-state index is 11.6. The minimum atomic E-state index is -0.724. The zero-order valence-corrected chi connectivity index (χ0v) is 13.8. The highest BCUT2D eigenvalue weighted by Gasteiger charge is 2.47. The molecule has 2 unspecified atom stereocenters. The van der Waals surface area contributed by atoms with Gasteiger partial charge in [0.1, 0.15) is 5.54 Å². The highest BCUT2D eigenvalue weighted by molar-refractivity contribution is 5.79. The van der Waals surface area contributed by atoms with Crippen molar-refractivity contribution in [3.8, 4) is 0 Å². The molecule has 122 valence electrons. The number of hydrogen-bond acceptors (Lipinski definition) is 3. The topological polar surface area (TPSA) is 58.6 Å². The van der Waals surface area contributed by atoms with E-state index < -0.39 is 11.5 Å². The van der Waals surface area contributed by atoms with Crippen molar-refractivity contribution in [3.63, 3.8) is 0 Å². The van der Waals surface area contributed by atoms with Gasteiger partial charge in [0.05, 0.1) is 6.10 Å². The standard InChI is InChI=1S/C17H31NO3/c1-16(2)10-6-14(7-11-16)21-12-8-13-5-4-9-17(13,18-3)15(19)20/h13-14,18H,4-12H2,1-3H3,(H,19,20). The van der Waals surface area contributed by atoms with Crippen LogP contribution in [0.2, 0.25) is 0 Å². The average Bonchev–Trinajstić information content (AvgIpc) is 2.85. The lowest BCUT2D eigenvalue weighted by Crippen LogP contribution is -2.53. The number of nitrogens with one attached hydrogen (secondary N) is 1. The molecule has 2 aliphatic rings. The van der Waals surface area contributed by atoms with Crippen molar-refractivity contribution in [1.29, 1.82) is 0 Å². The summed E-state index contributed by atoms with van der Waals surface area (Å²) in [5.41, 5.74) is -0.256. The summed E-state index contributed by atoms with van der Waals surface area (Å²) < 4.78 is 6.04. The normalized spacial score (nSPS) is 33.2. The molecule has 0 bridgehead atoms. The van der Waals surface area contributed by atoms with E-state index in [1.165, 1.54) is 12.8 Å². The molecule has 2 rings (SSSR count). The first kappa shape index (κ1) is 16.8. The molecule has 4 heteroatoms. The number of hydrogen-bond donors (Lipinski definition) is 2. The van der Waals surface area contributed by atoms with E-state index in [2.05, 4.69) is 19.2 Å². The van der Waals surface area contributed by atoms with Crippen LogP contribution in [0.4, 0.5) is 0 Å². The van der Waals surface area contributed by atoms with Crippen molar-refractivity contribution >= 4 is 5.97 Å². The van der Waals surface area contributed by atoms with Gasteiger partial charge in [-0.2, -0.15) is 0 Å².